The standard InChI is InChI=1S/C30H33N2O/c1-20-24(33-7)19-18-23-25(20)26-27(30(4,5)29(23,2)3)32(22-16-12-9-13-17-22)28(31(26)6)21-14-10-8-11-15-21/h8-19H,1-7H3/q+1. The first-order valence-corrected chi connectivity index (χ1v) is 11.7. The fraction of sp³-hybridized carbons (Fsp3) is 0.300. The lowest BCUT2D eigenvalue weighted by molar-refractivity contribution is -0.648. The summed E-state index contributed by atoms with van der Waals surface area (Å²) in [5.41, 5.74) is 8.64. The van der Waals surface area contributed by atoms with Crippen LogP contribution in [0.2, 0.25) is 0 Å². The summed E-state index contributed by atoms with van der Waals surface area (Å²) in [4.78, 5) is 0. The predicted molar refractivity (Wildman–Crippen MR) is 135 cm³/mol. The largest absolute Gasteiger partial charge is 0.496 e. The van der Waals surface area contributed by atoms with Crippen molar-refractivity contribution >= 4 is 0 Å². The Morgan fingerprint density at radius 3 is 2.00 bits per heavy atom. The van der Waals surface area contributed by atoms with Gasteiger partial charge in [-0.1, -0.05) is 70.2 Å². The highest BCUT2D eigenvalue weighted by atomic mass is 16.5. The molecule has 0 radical (unpaired) electrons. The maximum atomic E-state index is 5.78. The third-order valence-electron chi connectivity index (χ3n) is 8.06. The highest BCUT2D eigenvalue weighted by Crippen LogP contribution is 2.56. The van der Waals surface area contributed by atoms with Crippen molar-refractivity contribution in [3.05, 3.63) is 89.6 Å². The van der Waals surface area contributed by atoms with E-state index in [1.54, 1.807) is 7.11 Å². The fourth-order valence-electron chi connectivity index (χ4n) is 5.60. The second-order valence-electron chi connectivity index (χ2n) is 10.2. The van der Waals surface area contributed by atoms with Gasteiger partial charge in [-0.25, -0.2) is 4.57 Å². The molecule has 0 fully saturated rings. The van der Waals surface area contributed by atoms with Gasteiger partial charge in [0.1, 0.15) is 11.4 Å². The van der Waals surface area contributed by atoms with Gasteiger partial charge in [0.05, 0.1) is 19.7 Å². The van der Waals surface area contributed by atoms with E-state index in [0.29, 0.717) is 0 Å². The Morgan fingerprint density at radius 1 is 0.788 bits per heavy atom. The minimum atomic E-state index is -0.128. The van der Waals surface area contributed by atoms with Gasteiger partial charge < -0.3 is 4.74 Å². The van der Waals surface area contributed by atoms with Crippen molar-refractivity contribution in [2.45, 2.75) is 45.4 Å². The Bertz CT molecular complexity index is 1350. The van der Waals surface area contributed by atoms with Crippen molar-refractivity contribution in [3.8, 4) is 34.1 Å². The Labute approximate surface area is 197 Å². The third-order valence-corrected chi connectivity index (χ3v) is 8.06. The molecule has 0 aliphatic heterocycles. The summed E-state index contributed by atoms with van der Waals surface area (Å²) in [5, 5.41) is 0. The molecule has 0 bridgehead atoms. The zero-order chi connectivity index (χ0) is 23.5. The van der Waals surface area contributed by atoms with Crippen LogP contribution in [0, 0.1) is 6.92 Å². The number of methoxy groups -OCH3 is 1. The average Bonchev–Trinajstić information content (AvgIpc) is 3.12. The molecule has 0 amide bonds. The van der Waals surface area contributed by atoms with Gasteiger partial charge >= 0.3 is 0 Å². The molecule has 3 nitrogen and oxygen atoms in total. The van der Waals surface area contributed by atoms with Crippen molar-refractivity contribution in [2.24, 2.45) is 7.05 Å². The second kappa shape index (κ2) is 7.34. The van der Waals surface area contributed by atoms with E-state index in [2.05, 4.69) is 124 Å². The van der Waals surface area contributed by atoms with E-state index in [0.717, 1.165) is 5.75 Å². The summed E-state index contributed by atoms with van der Waals surface area (Å²) in [6.45, 7) is 11.7. The molecule has 0 unspecified atom stereocenters. The molecule has 1 aliphatic carbocycles. The quantitative estimate of drug-likeness (QED) is 0.334. The van der Waals surface area contributed by atoms with Gasteiger partial charge in [-0.3, -0.25) is 0 Å². The van der Waals surface area contributed by atoms with Crippen LogP contribution in [0.5, 0.6) is 5.75 Å². The molecule has 3 heteroatoms. The number of nitrogens with zero attached hydrogens (tertiary/aromatic N) is 2. The zero-order valence-corrected chi connectivity index (χ0v) is 20.7. The highest BCUT2D eigenvalue weighted by Gasteiger charge is 2.54. The third kappa shape index (κ3) is 2.84. The van der Waals surface area contributed by atoms with Crippen molar-refractivity contribution in [1.82, 2.24) is 4.57 Å². The van der Waals surface area contributed by atoms with Crippen LogP contribution in [0.4, 0.5) is 0 Å². The Hall–Kier alpha value is -3.33. The van der Waals surface area contributed by atoms with Gasteiger partial charge in [0.2, 0.25) is 0 Å². The number of ether oxygens (including phenoxy) is 1. The minimum absolute atomic E-state index is 0.0851. The molecule has 33 heavy (non-hydrogen) atoms. The summed E-state index contributed by atoms with van der Waals surface area (Å²) in [6.07, 6.45) is 0. The molecule has 1 heterocycles. The Kier molecular flexibility index (Phi) is 4.79. The van der Waals surface area contributed by atoms with Crippen LogP contribution >= 0.6 is 0 Å². The van der Waals surface area contributed by atoms with Crippen LogP contribution in [-0.4, -0.2) is 11.7 Å². The van der Waals surface area contributed by atoms with E-state index < -0.39 is 0 Å². The van der Waals surface area contributed by atoms with Crippen LogP contribution in [0.1, 0.15) is 44.5 Å². The van der Waals surface area contributed by atoms with Crippen LogP contribution < -0.4 is 9.30 Å². The lowest BCUT2D eigenvalue weighted by Crippen LogP contribution is -2.46. The summed E-state index contributed by atoms with van der Waals surface area (Å²) < 4.78 is 10.6. The minimum Gasteiger partial charge on any atom is -0.496 e. The molecular weight excluding hydrogens is 404 g/mol. The summed E-state index contributed by atoms with van der Waals surface area (Å²) in [6, 6.07) is 25.9. The Balaban J connectivity index is 2.02. The molecule has 3 aromatic carbocycles. The number of para-hydroxylation sites is 1. The molecule has 5 rings (SSSR count). The lowest BCUT2D eigenvalue weighted by atomic mass is 9.57. The second-order valence-corrected chi connectivity index (χ2v) is 10.2. The first kappa shape index (κ1) is 21.5. The monoisotopic (exact) mass is 437 g/mol. The van der Waals surface area contributed by atoms with Gasteiger partial charge in [-0.05, 0) is 42.8 Å². The van der Waals surface area contributed by atoms with Gasteiger partial charge in [0.15, 0.2) is 11.4 Å². The SMILES string of the molecule is COc1ccc2c(c1C)-c1c(n(-c3ccccc3)c(-c3ccccc3)[n+]1C)C(C)(C)C2(C)C. The summed E-state index contributed by atoms with van der Waals surface area (Å²) in [7, 11) is 3.97. The van der Waals surface area contributed by atoms with Gasteiger partial charge in [-0.2, -0.15) is 4.57 Å². The number of aromatic nitrogens is 2. The van der Waals surface area contributed by atoms with E-state index in [4.69, 9.17) is 4.74 Å². The highest BCUT2D eigenvalue weighted by molar-refractivity contribution is 5.79. The average molecular weight is 438 g/mol. The van der Waals surface area contributed by atoms with E-state index in [-0.39, 0.29) is 10.8 Å². The van der Waals surface area contributed by atoms with Gasteiger partial charge in [0, 0.05) is 22.0 Å². The zero-order valence-electron chi connectivity index (χ0n) is 20.7. The van der Waals surface area contributed by atoms with E-state index in [1.165, 1.54) is 45.2 Å². The van der Waals surface area contributed by atoms with Crippen LogP contribution in [0.15, 0.2) is 72.8 Å². The molecule has 1 aromatic heterocycles. The predicted octanol–water partition coefficient (Wildman–Crippen LogP) is 6.52. The van der Waals surface area contributed by atoms with Crippen molar-refractivity contribution in [2.75, 3.05) is 7.11 Å². The number of rotatable bonds is 3. The van der Waals surface area contributed by atoms with Crippen LogP contribution in [0.3, 0.4) is 0 Å². The summed E-state index contributed by atoms with van der Waals surface area (Å²) in [5.74, 6) is 2.12. The molecule has 4 aromatic rings. The number of hydrogen-bond donors (Lipinski definition) is 0. The molecular formula is C30H33N2O+. The number of benzene rings is 3. The smallest absolute Gasteiger partial charge is 0.294 e. The van der Waals surface area contributed by atoms with Gasteiger partial charge in [0.25, 0.3) is 5.82 Å². The summed E-state index contributed by atoms with van der Waals surface area (Å²) >= 11 is 0. The van der Waals surface area contributed by atoms with Gasteiger partial charge in [-0.15, -0.1) is 0 Å². The van der Waals surface area contributed by atoms with Crippen molar-refractivity contribution in [3.63, 3.8) is 0 Å². The maximum absolute atomic E-state index is 5.78. The van der Waals surface area contributed by atoms with Crippen LogP contribution in [0.25, 0.3) is 28.3 Å². The molecule has 0 spiro atoms. The topological polar surface area (TPSA) is 18.0 Å². The van der Waals surface area contributed by atoms with Crippen molar-refractivity contribution in [1.29, 1.82) is 0 Å². The van der Waals surface area contributed by atoms with E-state index >= 15 is 0 Å². The number of fused-ring (bicyclic) bond motifs is 3. The van der Waals surface area contributed by atoms with Crippen molar-refractivity contribution < 1.29 is 9.30 Å². The Morgan fingerprint density at radius 2 is 1.39 bits per heavy atom. The molecule has 0 N–H and O–H groups in total. The lowest BCUT2D eigenvalue weighted by Gasteiger charge is -2.45. The number of hydrogen-bond acceptors (Lipinski definition) is 1. The first-order chi connectivity index (χ1) is 15.7. The fourth-order valence-corrected chi connectivity index (χ4v) is 5.60. The van der Waals surface area contributed by atoms with E-state index in [9.17, 15) is 0 Å². The molecule has 0 atom stereocenters. The number of imidazole rings is 1. The maximum Gasteiger partial charge on any atom is 0.294 e. The molecule has 0 saturated carbocycles. The normalized spacial score (nSPS) is 15.6. The van der Waals surface area contributed by atoms with Crippen LogP contribution in [-0.2, 0) is 17.9 Å². The first-order valence-electron chi connectivity index (χ1n) is 11.7. The molecule has 1 aliphatic rings. The molecule has 168 valence electrons. The van der Waals surface area contributed by atoms with E-state index in [1.807, 2.05) is 0 Å². The molecule has 0 saturated heterocycles.